The van der Waals surface area contributed by atoms with Crippen molar-refractivity contribution in [1.29, 1.82) is 0 Å². The van der Waals surface area contributed by atoms with Crippen LogP contribution in [-0.4, -0.2) is 43.6 Å². The van der Waals surface area contributed by atoms with Gasteiger partial charge in [0, 0.05) is 32.3 Å². The van der Waals surface area contributed by atoms with Crippen LogP contribution in [0.1, 0.15) is 191 Å². The zero-order valence-corrected chi connectivity index (χ0v) is 56.2. The van der Waals surface area contributed by atoms with E-state index < -0.39 is 0 Å². The molecule has 0 amide bonds. The average Bonchev–Trinajstić information content (AvgIpc) is 1.79. The van der Waals surface area contributed by atoms with Gasteiger partial charge in [-0.1, -0.05) is 161 Å². The molecule has 0 N–H and O–H groups in total. The molecular weight excluding hydrogens is 1060 g/mol. The fraction of sp³-hybridized carbons (Fsp3) is 0.385. The van der Waals surface area contributed by atoms with Gasteiger partial charge < -0.3 is 0 Å². The highest BCUT2D eigenvalue weighted by Gasteiger charge is 2.30. The molecule has 0 saturated heterocycles. The zero-order valence-electron chi connectivity index (χ0n) is 56.2. The minimum absolute atomic E-state index is 0.0626. The second-order valence-electron chi connectivity index (χ2n) is 31.9. The Bertz CT molecular complexity index is 4370. The molecule has 9 nitrogen and oxygen atoms in total. The van der Waals surface area contributed by atoms with Gasteiger partial charge in [0.1, 0.15) is 33.1 Å². The van der Waals surface area contributed by atoms with Gasteiger partial charge in [-0.15, -0.1) is 0 Å². The Kier molecular flexibility index (Phi) is 12.5. The number of aryl methyl sites for hydroxylation is 6. The van der Waals surface area contributed by atoms with Crippen LogP contribution in [0.15, 0.2) is 91.4 Å². The molecule has 0 aliphatic heterocycles. The molecule has 0 aliphatic rings. The van der Waals surface area contributed by atoms with Gasteiger partial charge in [0.2, 0.25) is 0 Å². The number of hydrogen-bond donors (Lipinski definition) is 0. The molecule has 0 spiro atoms. The van der Waals surface area contributed by atoms with Crippen molar-refractivity contribution in [3.05, 3.63) is 158 Å². The normalized spacial score (nSPS) is 13.5. The third-order valence-electron chi connectivity index (χ3n) is 18.9. The summed E-state index contributed by atoms with van der Waals surface area (Å²) in [7, 11) is 0. The molecule has 7 aromatic carbocycles. The van der Waals surface area contributed by atoms with E-state index >= 15 is 0 Å². The zero-order chi connectivity index (χ0) is 62.6. The van der Waals surface area contributed by atoms with Gasteiger partial charge in [0.15, 0.2) is 17.5 Å². The Balaban J connectivity index is 1.17. The summed E-state index contributed by atoms with van der Waals surface area (Å²) < 4.78 is 7.05. The molecule has 6 heterocycles. The van der Waals surface area contributed by atoms with Crippen LogP contribution in [0.4, 0.5) is 0 Å². The van der Waals surface area contributed by atoms with Crippen LogP contribution in [0.5, 0.6) is 0 Å². The van der Waals surface area contributed by atoms with Crippen molar-refractivity contribution >= 4 is 98.5 Å². The lowest BCUT2D eigenvalue weighted by atomic mass is 9.83. The second-order valence-corrected chi connectivity index (χ2v) is 31.9. The van der Waals surface area contributed by atoms with Crippen LogP contribution < -0.4 is 0 Å². The smallest absolute Gasteiger partial charge is 0.157 e. The van der Waals surface area contributed by atoms with Crippen LogP contribution in [0.3, 0.4) is 0 Å². The molecule has 13 aromatic rings. The van der Waals surface area contributed by atoms with Crippen LogP contribution in [0.2, 0.25) is 0 Å². The number of fused-ring (bicyclic) bond motifs is 15. The Morgan fingerprint density at radius 1 is 0.230 bits per heavy atom. The van der Waals surface area contributed by atoms with E-state index in [0.29, 0.717) is 50.6 Å². The minimum Gasteiger partial charge on any atom is -0.292 e. The number of benzene rings is 7. The summed E-state index contributed by atoms with van der Waals surface area (Å²) >= 11 is 0. The van der Waals surface area contributed by atoms with E-state index in [1.165, 1.54) is 99.1 Å². The Morgan fingerprint density at radius 3 is 0.540 bits per heavy atom. The van der Waals surface area contributed by atoms with E-state index in [2.05, 4.69) is 253 Å². The number of nitrogens with zero attached hydrogens (tertiary/aromatic N) is 9. The topological polar surface area (TPSA) is 92.1 Å². The van der Waals surface area contributed by atoms with Gasteiger partial charge in [-0.05, 0) is 177 Å². The van der Waals surface area contributed by atoms with E-state index in [0.717, 1.165) is 33.1 Å². The van der Waals surface area contributed by atoms with Gasteiger partial charge >= 0.3 is 0 Å². The van der Waals surface area contributed by atoms with E-state index in [1.807, 2.05) is 18.6 Å². The summed E-state index contributed by atoms with van der Waals surface area (Å²) in [6.45, 7) is 54.8. The summed E-state index contributed by atoms with van der Waals surface area (Å²) in [4.78, 5) is 34.0. The van der Waals surface area contributed by atoms with Crippen molar-refractivity contribution in [2.45, 2.75) is 199 Å². The van der Waals surface area contributed by atoms with Gasteiger partial charge in [-0.2, -0.15) is 0 Å². The van der Waals surface area contributed by atoms with Crippen LogP contribution in [0, 0.1) is 41.5 Å². The number of rotatable bonds is 3. The maximum atomic E-state index is 5.81. The third-order valence-corrected chi connectivity index (χ3v) is 18.9. The fourth-order valence-corrected chi connectivity index (χ4v) is 13.8. The SMILES string of the molecule is Cc1cc(C(C)(C)C)cc2c3cc(C(C)(C)C)cc(C)c3n(-c3cnc4c(n3)c3ncc(-n5c6c(C)cc(C(C)(C)C)cc6c6cc(C(C)(C)C)cc(C)c65)nc3c3ncc(-n5c6c(C)cc(C(C)(C)C)cc6c6cc(C(C)(C)C)cc(C)c65)nc43)c12. The minimum atomic E-state index is -0.0626. The van der Waals surface area contributed by atoms with Crippen molar-refractivity contribution in [3.8, 4) is 17.5 Å². The predicted octanol–water partition coefficient (Wildman–Crippen LogP) is 20.4. The quantitative estimate of drug-likeness (QED) is 0.164. The first-order valence-corrected chi connectivity index (χ1v) is 31.3. The van der Waals surface area contributed by atoms with Gasteiger partial charge in [-0.3, -0.25) is 13.7 Å². The lowest BCUT2D eigenvalue weighted by molar-refractivity contribution is 0.590. The van der Waals surface area contributed by atoms with Crippen LogP contribution in [0.25, 0.3) is 116 Å². The van der Waals surface area contributed by atoms with Gasteiger partial charge in [0.05, 0.1) is 51.7 Å². The standard InChI is InChI=1S/C78H87N9/c1-40-25-46(73(7,8)9)31-52-53-32-47(74(10,11)12)26-41(2)68(53)85(67(40)52)58-37-79-61-64(82-58)62-66(84-59(38-80-62)86-69-42(3)27-48(75(13,14)15)33-54(69)55-34-49(76(16,17)18)28-43(4)70(55)86)63-65(61)83-60(39-81-63)87-71-44(5)29-50(77(19,20)21)35-56(71)57-36-51(78(22,23)24)30-45(6)72(57)87/h25-39H,1-24H3. The molecule has 87 heavy (non-hydrogen) atoms. The van der Waals surface area contributed by atoms with Gasteiger partial charge in [-0.25, -0.2) is 29.9 Å². The monoisotopic (exact) mass is 1150 g/mol. The molecule has 0 bridgehead atoms. The lowest BCUT2D eigenvalue weighted by Gasteiger charge is -2.21. The van der Waals surface area contributed by atoms with Crippen molar-refractivity contribution in [2.24, 2.45) is 0 Å². The maximum Gasteiger partial charge on any atom is 0.157 e. The Hall–Kier alpha value is -8.04. The van der Waals surface area contributed by atoms with Crippen LogP contribution >= 0.6 is 0 Å². The first-order chi connectivity index (χ1) is 40.4. The second kappa shape index (κ2) is 18.7. The molecule has 0 atom stereocenters. The number of aromatic nitrogens is 9. The molecular formula is C78H87N9. The highest BCUT2D eigenvalue weighted by molar-refractivity contribution is 6.20. The summed E-state index contributed by atoms with van der Waals surface area (Å²) in [5, 5.41) is 7.23. The molecule has 0 radical (unpaired) electrons. The Labute approximate surface area is 513 Å². The summed E-state index contributed by atoms with van der Waals surface area (Å²) in [6.07, 6.45) is 5.82. The fourth-order valence-electron chi connectivity index (χ4n) is 13.8. The highest BCUT2D eigenvalue weighted by atomic mass is 15.1. The maximum absolute atomic E-state index is 5.81. The molecule has 9 heteroatoms. The van der Waals surface area contributed by atoms with E-state index in [9.17, 15) is 0 Å². The average molecular weight is 1150 g/mol. The van der Waals surface area contributed by atoms with Crippen molar-refractivity contribution in [1.82, 2.24) is 43.6 Å². The first-order valence-electron chi connectivity index (χ1n) is 31.3. The lowest BCUT2D eigenvalue weighted by Crippen LogP contribution is -2.11. The largest absolute Gasteiger partial charge is 0.292 e. The van der Waals surface area contributed by atoms with E-state index in [4.69, 9.17) is 29.9 Å². The van der Waals surface area contributed by atoms with Crippen molar-refractivity contribution in [3.63, 3.8) is 0 Å². The van der Waals surface area contributed by atoms with E-state index in [-0.39, 0.29) is 32.5 Å². The molecule has 0 aliphatic carbocycles. The summed E-state index contributed by atoms with van der Waals surface area (Å²) in [6, 6.07) is 28.6. The first kappa shape index (κ1) is 58.0. The van der Waals surface area contributed by atoms with E-state index in [1.54, 1.807) is 0 Å². The molecule has 444 valence electrons. The van der Waals surface area contributed by atoms with Gasteiger partial charge in [0.25, 0.3) is 0 Å². The Morgan fingerprint density at radius 2 is 0.391 bits per heavy atom. The molecule has 0 fully saturated rings. The number of hydrogen-bond acceptors (Lipinski definition) is 6. The third kappa shape index (κ3) is 9.05. The summed E-state index contributed by atoms with van der Waals surface area (Å²) in [5.74, 6) is 2.10. The molecule has 0 unspecified atom stereocenters. The van der Waals surface area contributed by atoms with Crippen molar-refractivity contribution in [2.75, 3.05) is 0 Å². The van der Waals surface area contributed by atoms with Crippen LogP contribution in [-0.2, 0) is 32.5 Å². The summed E-state index contributed by atoms with van der Waals surface area (Å²) in [5.41, 5.74) is 24.8. The molecule has 0 saturated carbocycles. The molecule has 6 aromatic heterocycles. The highest BCUT2D eigenvalue weighted by Crippen LogP contribution is 2.46. The predicted molar refractivity (Wildman–Crippen MR) is 369 cm³/mol. The van der Waals surface area contributed by atoms with Crippen molar-refractivity contribution < 1.29 is 0 Å². The molecule has 13 rings (SSSR count).